The first kappa shape index (κ1) is 24.1. The van der Waals surface area contributed by atoms with Crippen molar-refractivity contribution in [2.75, 3.05) is 26.2 Å². The van der Waals surface area contributed by atoms with Crippen molar-refractivity contribution in [1.29, 1.82) is 0 Å². The number of ether oxygens (including phenoxy) is 1. The van der Waals surface area contributed by atoms with Crippen LogP contribution in [0, 0.1) is 5.92 Å². The van der Waals surface area contributed by atoms with Gasteiger partial charge in [-0.05, 0) is 35.8 Å². The van der Waals surface area contributed by atoms with E-state index >= 15 is 0 Å². The average molecular weight is 432 g/mol. The molecule has 2 heterocycles. The summed E-state index contributed by atoms with van der Waals surface area (Å²) in [6, 6.07) is 4.38. The van der Waals surface area contributed by atoms with E-state index < -0.39 is 0 Å². The quantitative estimate of drug-likeness (QED) is 0.671. The lowest BCUT2D eigenvalue weighted by molar-refractivity contribution is -0.919. The lowest BCUT2D eigenvalue weighted by Gasteiger charge is -2.31. The van der Waals surface area contributed by atoms with Crippen LogP contribution in [0.5, 0.6) is 5.75 Å². The average Bonchev–Trinajstić information content (AvgIpc) is 3.20. The van der Waals surface area contributed by atoms with E-state index in [0.29, 0.717) is 12.3 Å². The van der Waals surface area contributed by atoms with Gasteiger partial charge in [0, 0.05) is 48.6 Å². The summed E-state index contributed by atoms with van der Waals surface area (Å²) >= 11 is 0. The van der Waals surface area contributed by atoms with Crippen molar-refractivity contribution >= 4 is 5.91 Å². The van der Waals surface area contributed by atoms with E-state index in [2.05, 4.69) is 59.0 Å². The highest BCUT2D eigenvalue weighted by atomic mass is 16.5. The molecule has 5 nitrogen and oxygen atoms in total. The first-order chi connectivity index (χ1) is 14.4. The maximum Gasteiger partial charge on any atom is 0.223 e. The summed E-state index contributed by atoms with van der Waals surface area (Å²) in [7, 11) is 0. The lowest BCUT2D eigenvalue weighted by atomic mass is 9.78. The molecule has 0 saturated carbocycles. The second-order valence-electron chi connectivity index (χ2n) is 11.6. The van der Waals surface area contributed by atoms with E-state index in [1.807, 2.05) is 0 Å². The summed E-state index contributed by atoms with van der Waals surface area (Å²) in [5, 5.41) is 14.1. The van der Waals surface area contributed by atoms with Crippen LogP contribution in [-0.4, -0.2) is 43.4 Å². The summed E-state index contributed by atoms with van der Waals surface area (Å²) in [4.78, 5) is 14.1. The smallest absolute Gasteiger partial charge is 0.223 e. The number of phenols is 1. The number of phenolic OH excluding ortho intramolecular Hbond substituents is 1. The van der Waals surface area contributed by atoms with Crippen molar-refractivity contribution < 1.29 is 19.5 Å². The molecule has 1 amide bonds. The molecule has 174 valence electrons. The number of rotatable bonds is 5. The van der Waals surface area contributed by atoms with Crippen LogP contribution in [0.1, 0.15) is 83.9 Å². The molecular weight excluding hydrogens is 388 g/mol. The number of carbonyl (C=O) groups excluding carboxylic acids is 1. The number of aromatic hydroxyl groups is 1. The van der Waals surface area contributed by atoms with Crippen LogP contribution < -0.4 is 10.2 Å². The number of piperidine rings is 1. The molecule has 1 atom stereocenters. The number of likely N-dealkylation sites (tertiary alicyclic amines) is 1. The third kappa shape index (κ3) is 6.23. The fourth-order valence-corrected chi connectivity index (χ4v) is 4.86. The molecule has 3 N–H and O–H groups in total. The lowest BCUT2D eigenvalue weighted by Crippen LogP contribution is -3.11. The highest BCUT2D eigenvalue weighted by molar-refractivity contribution is 5.78. The first-order valence-corrected chi connectivity index (χ1v) is 12.0. The monoisotopic (exact) mass is 431 g/mol. The van der Waals surface area contributed by atoms with Gasteiger partial charge in [-0.1, -0.05) is 41.5 Å². The van der Waals surface area contributed by atoms with Crippen LogP contribution in [0.25, 0.3) is 0 Å². The second-order valence-corrected chi connectivity index (χ2v) is 11.6. The third-order valence-electron chi connectivity index (χ3n) is 6.83. The number of quaternary nitrogens is 1. The van der Waals surface area contributed by atoms with E-state index in [9.17, 15) is 9.90 Å². The van der Waals surface area contributed by atoms with E-state index in [4.69, 9.17) is 4.74 Å². The number of hydrogen-bond donors (Lipinski definition) is 3. The van der Waals surface area contributed by atoms with Gasteiger partial charge < -0.3 is 20.1 Å². The molecule has 0 unspecified atom stereocenters. The Hall–Kier alpha value is -1.59. The van der Waals surface area contributed by atoms with Gasteiger partial charge in [0.2, 0.25) is 5.91 Å². The van der Waals surface area contributed by atoms with Crippen molar-refractivity contribution in [3.05, 3.63) is 28.8 Å². The fraction of sp³-hybridized carbons (Fsp3) is 0.731. The van der Waals surface area contributed by atoms with Gasteiger partial charge in [-0.3, -0.25) is 4.79 Å². The van der Waals surface area contributed by atoms with Gasteiger partial charge in [0.25, 0.3) is 0 Å². The van der Waals surface area contributed by atoms with Gasteiger partial charge in [-0.2, -0.15) is 0 Å². The minimum absolute atomic E-state index is 0.108. The Kier molecular flexibility index (Phi) is 7.37. The minimum atomic E-state index is -0.108. The molecule has 1 aromatic carbocycles. The van der Waals surface area contributed by atoms with E-state index in [1.165, 1.54) is 10.5 Å². The van der Waals surface area contributed by atoms with Crippen LogP contribution in [0.3, 0.4) is 0 Å². The summed E-state index contributed by atoms with van der Waals surface area (Å²) in [5.41, 5.74) is 3.12. The Bertz CT molecular complexity index is 727. The van der Waals surface area contributed by atoms with Gasteiger partial charge in [0.05, 0.1) is 19.2 Å². The molecule has 0 aliphatic carbocycles. The molecule has 2 saturated heterocycles. The van der Waals surface area contributed by atoms with Crippen LogP contribution in [-0.2, 0) is 26.9 Å². The van der Waals surface area contributed by atoms with Crippen molar-refractivity contribution in [2.24, 2.45) is 5.92 Å². The molecule has 1 aromatic rings. The van der Waals surface area contributed by atoms with Crippen LogP contribution in [0.4, 0.5) is 0 Å². The fourth-order valence-electron chi connectivity index (χ4n) is 4.86. The van der Waals surface area contributed by atoms with Gasteiger partial charge >= 0.3 is 0 Å². The zero-order chi connectivity index (χ0) is 22.8. The number of benzene rings is 1. The van der Waals surface area contributed by atoms with E-state index in [0.717, 1.165) is 63.1 Å². The first-order valence-electron chi connectivity index (χ1n) is 12.0. The van der Waals surface area contributed by atoms with E-state index in [1.54, 1.807) is 0 Å². The SMILES string of the molecule is CC(C)(C)c1cc(C[NH+]2CCC(C(=O)NC[C@@H]3CCCO3)CC2)cc(C(C)(C)C)c1O. The Morgan fingerprint density at radius 2 is 1.65 bits per heavy atom. The maximum absolute atomic E-state index is 12.6. The number of carbonyl (C=O) groups is 1. The molecule has 2 aliphatic heterocycles. The Balaban J connectivity index is 1.61. The molecular formula is C26H43N2O3+. The second kappa shape index (κ2) is 9.50. The summed E-state index contributed by atoms with van der Waals surface area (Å²) in [5.74, 6) is 0.768. The molecule has 31 heavy (non-hydrogen) atoms. The predicted molar refractivity (Wildman–Crippen MR) is 125 cm³/mol. The summed E-state index contributed by atoms with van der Waals surface area (Å²) < 4.78 is 5.61. The van der Waals surface area contributed by atoms with Gasteiger partial charge in [0.15, 0.2) is 0 Å². The van der Waals surface area contributed by atoms with Crippen LogP contribution in [0.15, 0.2) is 12.1 Å². The highest BCUT2D eigenvalue weighted by Crippen LogP contribution is 2.39. The van der Waals surface area contributed by atoms with Crippen molar-refractivity contribution in [2.45, 2.75) is 90.7 Å². The molecule has 2 fully saturated rings. The predicted octanol–water partition coefficient (Wildman–Crippen LogP) is 3.08. The van der Waals surface area contributed by atoms with Crippen molar-refractivity contribution in [1.82, 2.24) is 5.32 Å². The third-order valence-corrected chi connectivity index (χ3v) is 6.83. The molecule has 2 aliphatic rings. The molecule has 0 radical (unpaired) electrons. The number of amides is 1. The normalized spacial score (nSPS) is 24.9. The van der Waals surface area contributed by atoms with Crippen LogP contribution in [0.2, 0.25) is 0 Å². The Labute approximate surface area is 188 Å². The van der Waals surface area contributed by atoms with Gasteiger partial charge in [-0.15, -0.1) is 0 Å². The Morgan fingerprint density at radius 3 is 2.13 bits per heavy atom. The standard InChI is InChI=1S/C26H42N2O3/c1-25(2,3)21-14-18(15-22(23(21)29)26(4,5)6)17-28-11-9-19(10-12-28)24(30)27-16-20-8-7-13-31-20/h14-15,19-20,29H,7-13,16-17H2,1-6H3,(H,27,30)/p+1/t20-/m0/s1. The molecule has 0 aromatic heterocycles. The largest absolute Gasteiger partial charge is 0.507 e. The van der Waals surface area contributed by atoms with Crippen molar-refractivity contribution in [3.63, 3.8) is 0 Å². The molecule has 0 bridgehead atoms. The molecule has 3 rings (SSSR count). The van der Waals surface area contributed by atoms with Gasteiger partial charge in [-0.25, -0.2) is 0 Å². The zero-order valence-corrected chi connectivity index (χ0v) is 20.4. The Morgan fingerprint density at radius 1 is 1.06 bits per heavy atom. The number of nitrogens with one attached hydrogen (secondary N) is 2. The zero-order valence-electron chi connectivity index (χ0n) is 20.4. The highest BCUT2D eigenvalue weighted by Gasteiger charge is 2.30. The molecule has 0 spiro atoms. The molecule has 5 heteroatoms. The topological polar surface area (TPSA) is 63.0 Å². The summed E-state index contributed by atoms with van der Waals surface area (Å²) in [6.45, 7) is 17.4. The summed E-state index contributed by atoms with van der Waals surface area (Å²) in [6.07, 6.45) is 4.24. The van der Waals surface area contributed by atoms with Crippen LogP contribution >= 0.6 is 0 Å². The van der Waals surface area contributed by atoms with E-state index in [-0.39, 0.29) is 28.8 Å². The number of hydrogen-bond acceptors (Lipinski definition) is 3. The van der Waals surface area contributed by atoms with Crippen molar-refractivity contribution in [3.8, 4) is 5.75 Å². The minimum Gasteiger partial charge on any atom is -0.507 e. The van der Waals surface area contributed by atoms with Gasteiger partial charge in [0.1, 0.15) is 12.3 Å². The maximum atomic E-state index is 12.6.